The summed E-state index contributed by atoms with van der Waals surface area (Å²) in [5, 5.41) is 1.71. The summed E-state index contributed by atoms with van der Waals surface area (Å²) < 4.78 is 27.6. The van der Waals surface area contributed by atoms with Gasteiger partial charge >= 0.3 is 0 Å². The molecule has 1 unspecified atom stereocenters. The van der Waals surface area contributed by atoms with Crippen LogP contribution in [0.5, 0.6) is 0 Å². The van der Waals surface area contributed by atoms with Gasteiger partial charge in [0.2, 0.25) is 0 Å². The second kappa shape index (κ2) is 5.98. The average molecular weight is 337 g/mol. The predicted octanol–water partition coefficient (Wildman–Crippen LogP) is 2.90. The number of amides is 1. The monoisotopic (exact) mass is 337 g/mol. The fourth-order valence-electron chi connectivity index (χ4n) is 2.71. The van der Waals surface area contributed by atoms with Crippen LogP contribution in [0.3, 0.4) is 0 Å². The number of nitrogens with two attached hydrogens (primary N) is 1. The number of aromatic nitrogens is 1. The Labute approximate surface area is 136 Å². The summed E-state index contributed by atoms with van der Waals surface area (Å²) in [5.41, 5.74) is 5.70. The van der Waals surface area contributed by atoms with Crippen LogP contribution in [0, 0.1) is 17.0 Å². The Morgan fingerprint density at radius 1 is 1.43 bits per heavy atom. The highest BCUT2D eigenvalue weighted by molar-refractivity contribution is 7.13. The lowest BCUT2D eigenvalue weighted by Crippen LogP contribution is -2.34. The van der Waals surface area contributed by atoms with Crippen molar-refractivity contribution in [1.82, 2.24) is 9.88 Å². The Balaban J connectivity index is 1.84. The summed E-state index contributed by atoms with van der Waals surface area (Å²) in [5.74, 6) is -1.59. The molecule has 0 spiro atoms. The normalized spacial score (nSPS) is 21.0. The maximum Gasteiger partial charge on any atom is 0.273 e. The summed E-state index contributed by atoms with van der Waals surface area (Å²) in [6.45, 7) is 3.75. The first-order valence-corrected chi connectivity index (χ1v) is 8.21. The van der Waals surface area contributed by atoms with E-state index >= 15 is 0 Å². The van der Waals surface area contributed by atoms with Crippen molar-refractivity contribution in [2.45, 2.75) is 13.3 Å². The molecule has 23 heavy (non-hydrogen) atoms. The highest BCUT2D eigenvalue weighted by Gasteiger charge is 2.35. The molecule has 4 nitrogen and oxygen atoms in total. The number of carbonyl (C=O) groups is 1. The van der Waals surface area contributed by atoms with E-state index in [2.05, 4.69) is 4.98 Å². The van der Waals surface area contributed by atoms with Crippen LogP contribution in [-0.4, -0.2) is 35.4 Å². The van der Waals surface area contributed by atoms with Gasteiger partial charge in [0, 0.05) is 18.5 Å². The Kier molecular flexibility index (Phi) is 4.16. The summed E-state index contributed by atoms with van der Waals surface area (Å²) in [6, 6.07) is 3.65. The molecule has 1 saturated heterocycles. The van der Waals surface area contributed by atoms with Gasteiger partial charge in [-0.2, -0.15) is 0 Å². The van der Waals surface area contributed by atoms with Crippen molar-refractivity contribution < 1.29 is 13.6 Å². The number of rotatable bonds is 3. The third-order valence-corrected chi connectivity index (χ3v) is 5.10. The van der Waals surface area contributed by atoms with E-state index < -0.39 is 11.6 Å². The molecule has 1 aliphatic heterocycles. The number of thiazole rings is 1. The number of nitrogens with zero attached hydrogens (tertiary/aromatic N) is 2. The van der Waals surface area contributed by atoms with E-state index in [1.807, 2.05) is 6.92 Å². The molecule has 0 bridgehead atoms. The number of benzene rings is 1. The van der Waals surface area contributed by atoms with E-state index in [4.69, 9.17) is 5.73 Å². The van der Waals surface area contributed by atoms with Crippen LogP contribution in [0.15, 0.2) is 23.6 Å². The first-order chi connectivity index (χ1) is 10.9. The molecule has 1 atom stereocenters. The minimum atomic E-state index is -0.685. The molecule has 2 heterocycles. The van der Waals surface area contributed by atoms with E-state index in [-0.39, 0.29) is 27.6 Å². The Bertz CT molecular complexity index is 728. The first-order valence-electron chi connectivity index (χ1n) is 7.33. The lowest BCUT2D eigenvalue weighted by atomic mass is 9.90. The molecule has 7 heteroatoms. The second-order valence-electron chi connectivity index (χ2n) is 6.13. The maximum atomic E-state index is 13.8. The smallest absolute Gasteiger partial charge is 0.273 e. The first kappa shape index (κ1) is 16.0. The number of carbonyl (C=O) groups excluding carboxylic acids is 1. The Morgan fingerprint density at radius 2 is 2.13 bits per heavy atom. The van der Waals surface area contributed by atoms with Gasteiger partial charge in [0.1, 0.15) is 22.3 Å². The van der Waals surface area contributed by atoms with Crippen molar-refractivity contribution in [3.05, 3.63) is 40.9 Å². The summed E-state index contributed by atoms with van der Waals surface area (Å²) in [4.78, 5) is 18.3. The van der Waals surface area contributed by atoms with Crippen molar-refractivity contribution in [1.29, 1.82) is 0 Å². The van der Waals surface area contributed by atoms with Crippen LogP contribution in [0.2, 0.25) is 0 Å². The van der Waals surface area contributed by atoms with Gasteiger partial charge in [-0.1, -0.05) is 13.0 Å². The van der Waals surface area contributed by atoms with Gasteiger partial charge in [-0.15, -0.1) is 11.3 Å². The van der Waals surface area contributed by atoms with E-state index in [1.165, 1.54) is 18.2 Å². The van der Waals surface area contributed by atoms with Crippen LogP contribution in [0.25, 0.3) is 10.6 Å². The molecule has 1 amide bonds. The van der Waals surface area contributed by atoms with Crippen LogP contribution < -0.4 is 5.73 Å². The van der Waals surface area contributed by atoms with Crippen LogP contribution in [-0.2, 0) is 0 Å². The van der Waals surface area contributed by atoms with Gasteiger partial charge in [-0.25, -0.2) is 13.8 Å². The van der Waals surface area contributed by atoms with Crippen molar-refractivity contribution in [2.75, 3.05) is 19.6 Å². The SMILES string of the molecule is CC1(CN)CCN(C(=O)c2csc(-c3c(F)cccc3F)n2)C1. The zero-order chi connectivity index (χ0) is 16.6. The van der Waals surface area contributed by atoms with E-state index in [0.717, 1.165) is 17.8 Å². The number of hydrogen-bond acceptors (Lipinski definition) is 4. The van der Waals surface area contributed by atoms with Gasteiger partial charge in [-0.3, -0.25) is 4.79 Å². The molecule has 2 aromatic rings. The number of hydrogen-bond donors (Lipinski definition) is 1. The molecule has 0 radical (unpaired) electrons. The highest BCUT2D eigenvalue weighted by Crippen LogP contribution is 2.32. The lowest BCUT2D eigenvalue weighted by Gasteiger charge is -2.22. The zero-order valence-electron chi connectivity index (χ0n) is 12.7. The van der Waals surface area contributed by atoms with Crippen LogP contribution in [0.1, 0.15) is 23.8 Å². The minimum absolute atomic E-state index is 0.0772. The van der Waals surface area contributed by atoms with Crippen LogP contribution >= 0.6 is 11.3 Å². The fourth-order valence-corrected chi connectivity index (χ4v) is 3.56. The van der Waals surface area contributed by atoms with E-state index in [9.17, 15) is 13.6 Å². The molecule has 1 aromatic carbocycles. The molecule has 0 aliphatic carbocycles. The minimum Gasteiger partial charge on any atom is -0.337 e. The van der Waals surface area contributed by atoms with Crippen molar-refractivity contribution in [3.63, 3.8) is 0 Å². The molecule has 122 valence electrons. The quantitative estimate of drug-likeness (QED) is 0.937. The molecule has 1 aromatic heterocycles. The molecular formula is C16H17F2N3OS. The molecule has 1 fully saturated rings. The van der Waals surface area contributed by atoms with Gasteiger partial charge in [0.25, 0.3) is 5.91 Å². The third kappa shape index (κ3) is 2.98. The molecule has 3 rings (SSSR count). The van der Waals surface area contributed by atoms with E-state index in [0.29, 0.717) is 19.6 Å². The standard InChI is InChI=1S/C16H17F2N3OS/c1-16(8-19)5-6-21(9-16)15(22)12-7-23-14(20-12)13-10(17)3-2-4-11(13)18/h2-4,7H,5-6,8-9,19H2,1H3. The van der Waals surface area contributed by atoms with Gasteiger partial charge in [-0.05, 0) is 30.5 Å². The van der Waals surface area contributed by atoms with Crippen molar-refractivity contribution in [2.24, 2.45) is 11.1 Å². The summed E-state index contributed by atoms with van der Waals surface area (Å²) in [6.07, 6.45) is 0.841. The van der Waals surface area contributed by atoms with Crippen LogP contribution in [0.4, 0.5) is 8.78 Å². The maximum absolute atomic E-state index is 13.8. The Hall–Kier alpha value is -1.86. The number of likely N-dealkylation sites (tertiary alicyclic amines) is 1. The Morgan fingerprint density at radius 3 is 2.74 bits per heavy atom. The topological polar surface area (TPSA) is 59.2 Å². The zero-order valence-corrected chi connectivity index (χ0v) is 13.5. The van der Waals surface area contributed by atoms with Gasteiger partial charge in [0.15, 0.2) is 0 Å². The second-order valence-corrected chi connectivity index (χ2v) is 6.98. The fraction of sp³-hybridized carbons (Fsp3) is 0.375. The molecule has 0 saturated carbocycles. The average Bonchev–Trinajstić information content (AvgIpc) is 3.14. The molecule has 1 aliphatic rings. The number of halogens is 2. The predicted molar refractivity (Wildman–Crippen MR) is 85.1 cm³/mol. The highest BCUT2D eigenvalue weighted by atomic mass is 32.1. The largest absolute Gasteiger partial charge is 0.337 e. The lowest BCUT2D eigenvalue weighted by molar-refractivity contribution is 0.0772. The summed E-state index contributed by atoms with van der Waals surface area (Å²) >= 11 is 1.06. The summed E-state index contributed by atoms with van der Waals surface area (Å²) in [7, 11) is 0. The van der Waals surface area contributed by atoms with E-state index in [1.54, 1.807) is 10.3 Å². The molecular weight excluding hydrogens is 320 g/mol. The van der Waals surface area contributed by atoms with Crippen molar-refractivity contribution >= 4 is 17.2 Å². The van der Waals surface area contributed by atoms with Gasteiger partial charge < -0.3 is 10.6 Å². The van der Waals surface area contributed by atoms with Crippen molar-refractivity contribution in [3.8, 4) is 10.6 Å². The third-order valence-electron chi connectivity index (χ3n) is 4.24. The molecule has 2 N–H and O–H groups in total. The van der Waals surface area contributed by atoms with Gasteiger partial charge in [0.05, 0.1) is 5.56 Å².